The van der Waals surface area contributed by atoms with E-state index in [1.54, 1.807) is 45.3 Å². The first-order valence-electron chi connectivity index (χ1n) is 11.0. The van der Waals surface area contributed by atoms with Gasteiger partial charge in [0, 0.05) is 19.5 Å². The van der Waals surface area contributed by atoms with Crippen LogP contribution in [0.25, 0.3) is 72.8 Å². The highest BCUT2D eigenvalue weighted by Crippen LogP contribution is 2.47. The number of thiophene rings is 4. The van der Waals surface area contributed by atoms with Crippen molar-refractivity contribution in [3.05, 3.63) is 70.4 Å². The maximum Gasteiger partial charge on any atom is 0.181 e. The van der Waals surface area contributed by atoms with Gasteiger partial charge in [-0.2, -0.15) is 0 Å². The van der Waals surface area contributed by atoms with E-state index in [0.29, 0.717) is 0 Å². The maximum atomic E-state index is 6.54. The Morgan fingerprint density at radius 1 is 0.529 bits per heavy atom. The van der Waals surface area contributed by atoms with Gasteiger partial charge in [0.25, 0.3) is 0 Å². The highest BCUT2D eigenvalue weighted by molar-refractivity contribution is 7.27. The molecular weight excluding hydrogens is 497 g/mol. The Kier molecular flexibility index (Phi) is 3.90. The third kappa shape index (κ3) is 2.65. The number of aryl methyl sites for hydroxylation is 2. The number of furan rings is 2. The molecule has 0 N–H and O–H groups in total. The molecule has 0 spiro atoms. The highest BCUT2D eigenvalue weighted by Gasteiger charge is 2.21. The molecule has 0 radical (unpaired) electrons. The lowest BCUT2D eigenvalue weighted by Gasteiger charge is -1.93. The molecule has 0 aliphatic rings. The molecule has 6 heteroatoms. The van der Waals surface area contributed by atoms with Crippen LogP contribution in [-0.2, 0) is 0 Å². The molecule has 6 heterocycles. The van der Waals surface area contributed by atoms with Gasteiger partial charge in [-0.25, -0.2) is 0 Å². The van der Waals surface area contributed by atoms with Gasteiger partial charge >= 0.3 is 0 Å². The van der Waals surface area contributed by atoms with Crippen LogP contribution in [0.15, 0.2) is 68.1 Å². The van der Waals surface area contributed by atoms with E-state index >= 15 is 0 Å². The number of benzene rings is 2. The summed E-state index contributed by atoms with van der Waals surface area (Å²) < 4.78 is 15.5. The van der Waals surface area contributed by atoms with Crippen LogP contribution in [0.1, 0.15) is 11.1 Å². The molecular formula is C28H16O2S4. The second kappa shape index (κ2) is 6.83. The quantitative estimate of drug-likeness (QED) is 0.230. The van der Waals surface area contributed by atoms with E-state index < -0.39 is 0 Å². The SMILES string of the molecule is Cc1csc(-c2cc3ccc4c5oc6c(ccc7cc(-c8cc(C)cs8)sc76)c5oc4c3s2)c1. The Labute approximate surface area is 210 Å². The summed E-state index contributed by atoms with van der Waals surface area (Å²) in [6.45, 7) is 4.29. The van der Waals surface area contributed by atoms with Crippen molar-refractivity contribution in [2.75, 3.05) is 0 Å². The van der Waals surface area contributed by atoms with E-state index in [1.165, 1.54) is 50.8 Å². The third-order valence-corrected chi connectivity index (χ3v) is 11.1. The van der Waals surface area contributed by atoms with Crippen LogP contribution in [0.5, 0.6) is 0 Å². The normalized spacial score (nSPS) is 12.4. The Morgan fingerprint density at radius 2 is 1.00 bits per heavy atom. The van der Waals surface area contributed by atoms with Crippen molar-refractivity contribution in [2.45, 2.75) is 13.8 Å². The van der Waals surface area contributed by atoms with Gasteiger partial charge in [-0.1, -0.05) is 12.1 Å². The first-order valence-corrected chi connectivity index (χ1v) is 14.4. The minimum Gasteiger partial charge on any atom is -0.450 e. The largest absolute Gasteiger partial charge is 0.450 e. The summed E-state index contributed by atoms with van der Waals surface area (Å²) in [5.41, 5.74) is 6.17. The average molecular weight is 513 g/mol. The van der Waals surface area contributed by atoms with Gasteiger partial charge in [0.1, 0.15) is 0 Å². The molecule has 0 saturated carbocycles. The fraction of sp³-hybridized carbons (Fsp3) is 0.0714. The topological polar surface area (TPSA) is 26.3 Å². The van der Waals surface area contributed by atoms with Gasteiger partial charge in [-0.05, 0) is 82.9 Å². The molecule has 0 unspecified atom stereocenters. The second-order valence-corrected chi connectivity index (χ2v) is 12.7. The number of rotatable bonds is 2. The second-order valence-electron chi connectivity index (χ2n) is 8.78. The van der Waals surface area contributed by atoms with Crippen LogP contribution in [-0.4, -0.2) is 0 Å². The van der Waals surface area contributed by atoms with Gasteiger partial charge in [0.15, 0.2) is 22.3 Å². The molecule has 0 saturated heterocycles. The number of hydrogen-bond acceptors (Lipinski definition) is 6. The maximum absolute atomic E-state index is 6.54. The first-order chi connectivity index (χ1) is 16.6. The van der Waals surface area contributed by atoms with Crippen molar-refractivity contribution in [2.24, 2.45) is 0 Å². The summed E-state index contributed by atoms with van der Waals surface area (Å²) in [7, 11) is 0. The molecule has 6 aromatic heterocycles. The molecule has 0 bridgehead atoms. The van der Waals surface area contributed by atoms with Crippen molar-refractivity contribution in [3.8, 4) is 19.5 Å². The van der Waals surface area contributed by atoms with Crippen molar-refractivity contribution >= 4 is 98.6 Å². The molecule has 8 aromatic rings. The Balaban J connectivity index is 1.37. The summed E-state index contributed by atoms with van der Waals surface area (Å²) in [5.74, 6) is 0. The third-order valence-electron chi connectivity index (χ3n) is 6.33. The molecule has 2 nitrogen and oxygen atoms in total. The monoisotopic (exact) mass is 512 g/mol. The minimum absolute atomic E-state index is 0.850. The fourth-order valence-electron chi connectivity index (χ4n) is 4.73. The first kappa shape index (κ1) is 19.4. The van der Waals surface area contributed by atoms with Crippen LogP contribution < -0.4 is 0 Å². The van der Waals surface area contributed by atoms with Crippen LogP contribution >= 0.6 is 45.3 Å². The van der Waals surface area contributed by atoms with E-state index in [1.807, 2.05) is 0 Å². The standard InChI is InChI=1S/C28H16O2S4/c1-13-7-19(31-11-13)21-9-15-3-5-17-23-24(29-25(17)27(15)33-21)18-6-4-16-10-22(20-8-14(2)12-32-20)34-28(16)26(18)30-23/h3-12H,1-2H3. The lowest BCUT2D eigenvalue weighted by molar-refractivity contribution is 0.656. The predicted molar refractivity (Wildman–Crippen MR) is 150 cm³/mol. The van der Waals surface area contributed by atoms with Crippen molar-refractivity contribution < 1.29 is 8.83 Å². The number of hydrogen-bond donors (Lipinski definition) is 0. The lowest BCUT2D eigenvalue weighted by Crippen LogP contribution is -1.67. The molecule has 0 aliphatic heterocycles. The summed E-state index contributed by atoms with van der Waals surface area (Å²) in [5, 5.41) is 8.95. The van der Waals surface area contributed by atoms with Gasteiger partial charge < -0.3 is 8.83 Å². The summed E-state index contributed by atoms with van der Waals surface area (Å²) >= 11 is 7.20. The van der Waals surface area contributed by atoms with E-state index in [2.05, 4.69) is 73.1 Å². The molecule has 0 amide bonds. The van der Waals surface area contributed by atoms with Gasteiger partial charge in [-0.3, -0.25) is 0 Å². The Bertz CT molecular complexity index is 1900. The molecule has 164 valence electrons. The van der Waals surface area contributed by atoms with Crippen LogP contribution in [0.3, 0.4) is 0 Å². The fourth-order valence-corrected chi connectivity index (χ4v) is 9.00. The van der Waals surface area contributed by atoms with Crippen molar-refractivity contribution in [3.63, 3.8) is 0 Å². The van der Waals surface area contributed by atoms with Crippen molar-refractivity contribution in [1.82, 2.24) is 0 Å². The van der Waals surface area contributed by atoms with Gasteiger partial charge in [-0.15, -0.1) is 45.3 Å². The Morgan fingerprint density at radius 3 is 1.41 bits per heavy atom. The van der Waals surface area contributed by atoms with Crippen LogP contribution in [0.4, 0.5) is 0 Å². The zero-order chi connectivity index (χ0) is 22.6. The molecule has 2 aromatic carbocycles. The van der Waals surface area contributed by atoms with Gasteiger partial charge in [0.05, 0.1) is 20.2 Å². The van der Waals surface area contributed by atoms with E-state index in [-0.39, 0.29) is 0 Å². The lowest BCUT2D eigenvalue weighted by atomic mass is 10.1. The Hall–Kier alpha value is -2.90. The molecule has 0 aliphatic carbocycles. The molecule has 0 atom stereocenters. The summed E-state index contributed by atoms with van der Waals surface area (Å²) in [4.78, 5) is 5.19. The zero-order valence-corrected chi connectivity index (χ0v) is 21.5. The minimum atomic E-state index is 0.850. The smallest absolute Gasteiger partial charge is 0.181 e. The zero-order valence-electron chi connectivity index (χ0n) is 18.2. The summed E-state index contributed by atoms with van der Waals surface area (Å²) in [6.07, 6.45) is 0. The van der Waals surface area contributed by atoms with Gasteiger partial charge in [0.2, 0.25) is 0 Å². The van der Waals surface area contributed by atoms with E-state index in [0.717, 1.165) is 33.1 Å². The highest BCUT2D eigenvalue weighted by atomic mass is 32.1. The predicted octanol–water partition coefficient (Wildman–Crippen LogP) is 10.8. The van der Waals surface area contributed by atoms with Crippen molar-refractivity contribution in [1.29, 1.82) is 0 Å². The molecule has 0 fully saturated rings. The molecule has 8 rings (SSSR count). The van der Waals surface area contributed by atoms with Crippen LogP contribution in [0, 0.1) is 13.8 Å². The van der Waals surface area contributed by atoms with E-state index in [9.17, 15) is 0 Å². The van der Waals surface area contributed by atoms with Crippen LogP contribution in [0.2, 0.25) is 0 Å². The van der Waals surface area contributed by atoms with E-state index in [4.69, 9.17) is 8.83 Å². The summed E-state index contributed by atoms with van der Waals surface area (Å²) in [6, 6.07) is 17.7. The number of fused-ring (bicyclic) bond motifs is 9. The molecule has 34 heavy (non-hydrogen) atoms. The average Bonchev–Trinajstić information content (AvgIpc) is 3.62.